The number of aromatic amines is 1. The number of amides is 1. The van der Waals surface area contributed by atoms with Gasteiger partial charge in [0.15, 0.2) is 0 Å². The third-order valence-corrected chi connectivity index (χ3v) is 3.04. The summed E-state index contributed by atoms with van der Waals surface area (Å²) >= 11 is 0. The topological polar surface area (TPSA) is 83.8 Å². The van der Waals surface area contributed by atoms with E-state index in [-0.39, 0.29) is 11.9 Å². The minimum Gasteiger partial charge on any atom is -0.347 e. The summed E-state index contributed by atoms with van der Waals surface area (Å²) in [6.45, 7) is 2.32. The molecule has 2 aromatic rings. The van der Waals surface area contributed by atoms with E-state index in [0.29, 0.717) is 12.1 Å². The molecule has 1 atom stereocenters. The number of nitrogens with two attached hydrogens (primary N) is 1. The van der Waals surface area contributed by atoms with Crippen molar-refractivity contribution in [1.29, 1.82) is 0 Å². The number of benzene rings is 1. The molecule has 0 aliphatic heterocycles. The van der Waals surface area contributed by atoms with Gasteiger partial charge in [0.2, 0.25) is 0 Å². The minimum atomic E-state index is -0.128. The zero-order chi connectivity index (χ0) is 15.1. The fourth-order valence-corrected chi connectivity index (χ4v) is 1.93. The number of nitrogens with one attached hydrogen (secondary N) is 2. The van der Waals surface area contributed by atoms with Crippen LogP contribution in [0, 0.1) is 11.8 Å². The summed E-state index contributed by atoms with van der Waals surface area (Å²) in [6.07, 6.45) is 4.18. The molecular formula is C16H18N4O. The molecule has 21 heavy (non-hydrogen) atoms. The van der Waals surface area contributed by atoms with Crippen LogP contribution in [0.3, 0.4) is 0 Å². The lowest BCUT2D eigenvalue weighted by Crippen LogP contribution is -2.28. The van der Waals surface area contributed by atoms with E-state index < -0.39 is 0 Å². The summed E-state index contributed by atoms with van der Waals surface area (Å²) in [5.74, 6) is 6.33. The molecule has 1 aromatic carbocycles. The lowest BCUT2D eigenvalue weighted by Gasteiger charge is -2.14. The van der Waals surface area contributed by atoms with Crippen LogP contribution in [-0.2, 0) is 0 Å². The molecule has 0 aliphatic carbocycles. The molecule has 5 nitrogen and oxygen atoms in total. The molecule has 5 heteroatoms. The summed E-state index contributed by atoms with van der Waals surface area (Å²) < 4.78 is 0. The van der Waals surface area contributed by atoms with Crippen molar-refractivity contribution in [3.05, 3.63) is 53.6 Å². The molecule has 0 aliphatic rings. The largest absolute Gasteiger partial charge is 0.347 e. The van der Waals surface area contributed by atoms with E-state index in [9.17, 15) is 4.79 Å². The van der Waals surface area contributed by atoms with Gasteiger partial charge >= 0.3 is 0 Å². The van der Waals surface area contributed by atoms with Crippen molar-refractivity contribution in [2.75, 3.05) is 6.54 Å². The Morgan fingerprint density at radius 1 is 1.43 bits per heavy atom. The molecule has 0 saturated carbocycles. The van der Waals surface area contributed by atoms with Crippen molar-refractivity contribution in [1.82, 2.24) is 15.3 Å². The van der Waals surface area contributed by atoms with Gasteiger partial charge in [0, 0.05) is 23.5 Å². The molecule has 108 valence electrons. The van der Waals surface area contributed by atoms with Gasteiger partial charge in [-0.05, 0) is 30.7 Å². The first-order valence-electron chi connectivity index (χ1n) is 6.83. The standard InChI is InChI=1S/C16H18N4O/c1-2-14(15-18-10-11-19-15)20-16(21)13-7-5-12(6-8-13)4-3-9-17/h5-8,10-11,14H,2,9,17H2,1H3,(H,18,19)(H,20,21). The lowest BCUT2D eigenvalue weighted by atomic mass is 10.1. The Balaban J connectivity index is 2.06. The molecule has 4 N–H and O–H groups in total. The quantitative estimate of drug-likeness (QED) is 0.745. The van der Waals surface area contributed by atoms with Crippen LogP contribution >= 0.6 is 0 Å². The summed E-state index contributed by atoms with van der Waals surface area (Å²) in [4.78, 5) is 19.4. The number of nitrogens with zero attached hydrogens (tertiary/aromatic N) is 1. The van der Waals surface area contributed by atoms with Gasteiger partial charge in [0.25, 0.3) is 5.91 Å². The second kappa shape index (κ2) is 7.27. The maximum Gasteiger partial charge on any atom is 0.251 e. The normalized spacial score (nSPS) is 11.3. The van der Waals surface area contributed by atoms with Crippen LogP contribution in [0.1, 0.15) is 41.1 Å². The molecule has 0 radical (unpaired) electrons. The average molecular weight is 282 g/mol. The number of carbonyl (C=O) groups is 1. The summed E-state index contributed by atoms with van der Waals surface area (Å²) in [5.41, 5.74) is 6.76. The third-order valence-electron chi connectivity index (χ3n) is 3.04. The number of hydrogen-bond acceptors (Lipinski definition) is 3. The van der Waals surface area contributed by atoms with Gasteiger partial charge in [-0.2, -0.15) is 0 Å². The summed E-state index contributed by atoms with van der Waals surface area (Å²) in [5, 5.41) is 2.96. The van der Waals surface area contributed by atoms with E-state index in [2.05, 4.69) is 27.1 Å². The zero-order valence-electron chi connectivity index (χ0n) is 11.9. The molecule has 0 saturated heterocycles. The van der Waals surface area contributed by atoms with Crippen LogP contribution in [0.25, 0.3) is 0 Å². The van der Waals surface area contributed by atoms with E-state index in [0.717, 1.165) is 17.8 Å². The molecule has 0 spiro atoms. The molecule has 1 heterocycles. The van der Waals surface area contributed by atoms with Gasteiger partial charge in [0.05, 0.1) is 12.6 Å². The number of H-pyrrole nitrogens is 1. The second-order valence-corrected chi connectivity index (χ2v) is 4.49. The molecule has 1 unspecified atom stereocenters. The predicted molar refractivity (Wildman–Crippen MR) is 81.5 cm³/mol. The van der Waals surface area contributed by atoms with E-state index in [1.54, 1.807) is 24.5 Å². The summed E-state index contributed by atoms with van der Waals surface area (Å²) in [6, 6.07) is 7.01. The van der Waals surface area contributed by atoms with Crippen LogP contribution in [0.4, 0.5) is 0 Å². The van der Waals surface area contributed by atoms with Gasteiger partial charge in [-0.1, -0.05) is 18.8 Å². The Bertz CT molecular complexity index is 635. The highest BCUT2D eigenvalue weighted by molar-refractivity contribution is 5.94. The van der Waals surface area contributed by atoms with Crippen molar-refractivity contribution in [3.8, 4) is 11.8 Å². The monoisotopic (exact) mass is 282 g/mol. The van der Waals surface area contributed by atoms with Crippen LogP contribution in [-0.4, -0.2) is 22.4 Å². The molecule has 0 bridgehead atoms. The first kappa shape index (κ1) is 14.8. The molecular weight excluding hydrogens is 264 g/mol. The van der Waals surface area contributed by atoms with E-state index in [4.69, 9.17) is 5.73 Å². The second-order valence-electron chi connectivity index (χ2n) is 4.49. The smallest absolute Gasteiger partial charge is 0.251 e. The molecule has 1 aromatic heterocycles. The van der Waals surface area contributed by atoms with Crippen LogP contribution in [0.5, 0.6) is 0 Å². The van der Waals surface area contributed by atoms with Crippen LogP contribution in [0.15, 0.2) is 36.7 Å². The van der Waals surface area contributed by atoms with Gasteiger partial charge in [-0.25, -0.2) is 4.98 Å². The third kappa shape index (κ3) is 3.94. The maximum atomic E-state index is 12.2. The van der Waals surface area contributed by atoms with Crippen LogP contribution in [0.2, 0.25) is 0 Å². The Labute approximate surface area is 124 Å². The number of carbonyl (C=O) groups excluding carboxylic acids is 1. The van der Waals surface area contributed by atoms with Gasteiger partial charge in [-0.3, -0.25) is 4.79 Å². The maximum absolute atomic E-state index is 12.2. The fourth-order valence-electron chi connectivity index (χ4n) is 1.93. The minimum absolute atomic E-state index is 0.121. The Kier molecular flexibility index (Phi) is 5.13. The Morgan fingerprint density at radius 3 is 2.76 bits per heavy atom. The first-order chi connectivity index (χ1) is 10.2. The van der Waals surface area contributed by atoms with Crippen molar-refractivity contribution in [3.63, 3.8) is 0 Å². The van der Waals surface area contributed by atoms with Gasteiger partial charge < -0.3 is 16.0 Å². The van der Waals surface area contributed by atoms with E-state index in [1.165, 1.54) is 0 Å². The highest BCUT2D eigenvalue weighted by Gasteiger charge is 2.15. The number of hydrogen-bond donors (Lipinski definition) is 3. The van der Waals surface area contributed by atoms with E-state index in [1.807, 2.05) is 19.1 Å². The van der Waals surface area contributed by atoms with Crippen molar-refractivity contribution in [2.24, 2.45) is 5.73 Å². The summed E-state index contributed by atoms with van der Waals surface area (Å²) in [7, 11) is 0. The molecule has 0 fully saturated rings. The Hall–Kier alpha value is -2.58. The first-order valence-corrected chi connectivity index (χ1v) is 6.83. The van der Waals surface area contributed by atoms with Crippen molar-refractivity contribution < 1.29 is 4.79 Å². The number of aromatic nitrogens is 2. The van der Waals surface area contributed by atoms with E-state index >= 15 is 0 Å². The molecule has 2 rings (SSSR count). The lowest BCUT2D eigenvalue weighted by molar-refractivity contribution is 0.0934. The van der Waals surface area contributed by atoms with Crippen molar-refractivity contribution in [2.45, 2.75) is 19.4 Å². The van der Waals surface area contributed by atoms with Gasteiger partial charge in [-0.15, -0.1) is 0 Å². The SMILES string of the molecule is CCC(NC(=O)c1ccc(C#CCN)cc1)c1ncc[nH]1. The number of rotatable bonds is 4. The Morgan fingerprint density at radius 2 is 2.19 bits per heavy atom. The zero-order valence-corrected chi connectivity index (χ0v) is 11.9. The highest BCUT2D eigenvalue weighted by Crippen LogP contribution is 2.13. The van der Waals surface area contributed by atoms with Crippen molar-refractivity contribution >= 4 is 5.91 Å². The highest BCUT2D eigenvalue weighted by atomic mass is 16.1. The fraction of sp³-hybridized carbons (Fsp3) is 0.250. The molecule has 1 amide bonds. The average Bonchev–Trinajstić information content (AvgIpc) is 3.05. The van der Waals surface area contributed by atoms with Crippen LogP contribution < -0.4 is 11.1 Å². The predicted octanol–water partition coefficient (Wildman–Crippen LogP) is 1.60. The number of imidazole rings is 1. The van der Waals surface area contributed by atoms with Gasteiger partial charge in [0.1, 0.15) is 5.82 Å².